The summed E-state index contributed by atoms with van der Waals surface area (Å²) in [5.41, 5.74) is -0.661. The maximum absolute atomic E-state index is 12.4. The highest BCUT2D eigenvalue weighted by molar-refractivity contribution is 7.89. The summed E-state index contributed by atoms with van der Waals surface area (Å²) in [5.74, 6) is -0.589. The Kier molecular flexibility index (Phi) is 3.93. The van der Waals surface area contributed by atoms with E-state index < -0.39 is 32.4 Å². The molecule has 1 aromatic carbocycles. The molecule has 1 atom stereocenters. The Hall–Kier alpha value is -1.71. The lowest BCUT2D eigenvalue weighted by Crippen LogP contribution is -2.37. The van der Waals surface area contributed by atoms with E-state index in [1.165, 1.54) is 0 Å². The second kappa shape index (κ2) is 5.35. The number of aliphatic hydroxyl groups is 1. The van der Waals surface area contributed by atoms with E-state index in [9.17, 15) is 28.7 Å². The third kappa shape index (κ3) is 2.47. The molecular weight excluding hydrogens is 288 g/mol. The number of rotatable bonds is 4. The van der Waals surface area contributed by atoms with Gasteiger partial charge in [0.25, 0.3) is 0 Å². The summed E-state index contributed by atoms with van der Waals surface area (Å²) < 4.78 is 25.9. The van der Waals surface area contributed by atoms with E-state index in [2.05, 4.69) is 0 Å². The maximum atomic E-state index is 12.4. The largest absolute Gasteiger partial charge is 0.502 e. The van der Waals surface area contributed by atoms with Crippen molar-refractivity contribution >= 4 is 15.7 Å². The van der Waals surface area contributed by atoms with Crippen molar-refractivity contribution < 1.29 is 23.6 Å². The average molecular weight is 302 g/mol. The van der Waals surface area contributed by atoms with Crippen LogP contribution in [-0.2, 0) is 10.0 Å². The molecule has 2 rings (SSSR count). The standard InChI is InChI=1S/C11H14N2O6S/c14-7-8-2-1-5-12(8)20(18,19)9-3-4-11(15)10(6-9)13(16)17/h3-4,6,8,14-15H,1-2,5,7H2/t8-/m0/s1. The van der Waals surface area contributed by atoms with Gasteiger partial charge in [0.1, 0.15) is 0 Å². The first-order valence-corrected chi connectivity index (χ1v) is 7.42. The number of phenolic OH excluding ortho intramolecular Hbond substituents is 1. The molecule has 1 heterocycles. The number of aromatic hydroxyl groups is 1. The summed E-state index contributed by atoms with van der Waals surface area (Å²) in [5, 5.41) is 29.3. The van der Waals surface area contributed by atoms with Gasteiger partial charge in [-0.25, -0.2) is 8.42 Å². The zero-order valence-corrected chi connectivity index (χ0v) is 11.3. The fraction of sp³-hybridized carbons (Fsp3) is 0.455. The number of hydrogen-bond donors (Lipinski definition) is 2. The monoisotopic (exact) mass is 302 g/mol. The van der Waals surface area contributed by atoms with E-state index in [0.29, 0.717) is 12.8 Å². The van der Waals surface area contributed by atoms with Crippen LogP contribution in [0.25, 0.3) is 0 Å². The van der Waals surface area contributed by atoms with Gasteiger partial charge >= 0.3 is 5.69 Å². The molecular formula is C11H14N2O6S. The fourth-order valence-corrected chi connectivity index (χ4v) is 3.96. The second-order valence-corrected chi connectivity index (χ2v) is 6.39. The Labute approximate surface area is 115 Å². The summed E-state index contributed by atoms with van der Waals surface area (Å²) in [6.45, 7) is -0.0261. The highest BCUT2D eigenvalue weighted by Gasteiger charge is 2.35. The molecule has 0 saturated carbocycles. The third-order valence-corrected chi connectivity index (χ3v) is 5.23. The number of hydrogen-bond acceptors (Lipinski definition) is 6. The van der Waals surface area contributed by atoms with Gasteiger partial charge in [0, 0.05) is 18.7 Å². The minimum atomic E-state index is -3.91. The molecule has 0 spiro atoms. The van der Waals surface area contributed by atoms with Crippen LogP contribution >= 0.6 is 0 Å². The lowest BCUT2D eigenvalue weighted by atomic mass is 10.2. The van der Waals surface area contributed by atoms with Crippen molar-refractivity contribution in [3.63, 3.8) is 0 Å². The maximum Gasteiger partial charge on any atom is 0.312 e. The topological polar surface area (TPSA) is 121 Å². The second-order valence-electron chi connectivity index (χ2n) is 4.50. The molecule has 0 unspecified atom stereocenters. The van der Waals surface area contributed by atoms with Crippen molar-refractivity contribution in [2.45, 2.75) is 23.8 Å². The Bertz CT molecular complexity index is 630. The van der Waals surface area contributed by atoms with Gasteiger partial charge in [0.05, 0.1) is 16.4 Å². The van der Waals surface area contributed by atoms with E-state index >= 15 is 0 Å². The molecule has 2 N–H and O–H groups in total. The summed E-state index contributed by atoms with van der Waals surface area (Å²) in [7, 11) is -3.91. The lowest BCUT2D eigenvalue weighted by Gasteiger charge is -2.22. The zero-order valence-electron chi connectivity index (χ0n) is 10.5. The van der Waals surface area contributed by atoms with E-state index in [1.807, 2.05) is 0 Å². The number of phenols is 1. The van der Waals surface area contributed by atoms with Gasteiger partial charge in [0.15, 0.2) is 5.75 Å². The molecule has 1 aromatic rings. The fourth-order valence-electron chi connectivity index (χ4n) is 2.25. The van der Waals surface area contributed by atoms with Gasteiger partial charge < -0.3 is 10.2 Å². The SMILES string of the molecule is O=[N+]([O-])c1cc(S(=O)(=O)N2CCC[C@H]2CO)ccc1O. The van der Waals surface area contributed by atoms with Gasteiger partial charge in [-0.05, 0) is 25.0 Å². The molecule has 8 nitrogen and oxygen atoms in total. The van der Waals surface area contributed by atoms with Crippen LogP contribution in [-0.4, -0.2) is 47.1 Å². The van der Waals surface area contributed by atoms with Gasteiger partial charge in [-0.2, -0.15) is 4.31 Å². The molecule has 1 saturated heterocycles. The van der Waals surface area contributed by atoms with Crippen molar-refractivity contribution in [3.8, 4) is 5.75 Å². The van der Waals surface area contributed by atoms with E-state index in [-0.39, 0.29) is 18.0 Å². The molecule has 1 aliphatic rings. The van der Waals surface area contributed by atoms with Crippen LogP contribution < -0.4 is 0 Å². The van der Waals surface area contributed by atoms with Crippen molar-refractivity contribution in [2.75, 3.05) is 13.2 Å². The summed E-state index contributed by atoms with van der Waals surface area (Å²) >= 11 is 0. The molecule has 1 fully saturated rings. The number of benzene rings is 1. The van der Waals surface area contributed by atoms with Crippen LogP contribution in [0.3, 0.4) is 0 Å². The Morgan fingerprint density at radius 3 is 2.75 bits per heavy atom. The van der Waals surface area contributed by atoms with Crippen LogP contribution in [0.1, 0.15) is 12.8 Å². The summed E-state index contributed by atoms with van der Waals surface area (Å²) in [6, 6.07) is 2.42. The molecule has 0 aliphatic carbocycles. The molecule has 0 bridgehead atoms. The molecule has 0 radical (unpaired) electrons. The van der Waals surface area contributed by atoms with E-state index in [4.69, 9.17) is 0 Å². The quantitative estimate of drug-likeness (QED) is 0.615. The predicted octanol–water partition coefficient (Wildman–Crippen LogP) is 0.446. The number of nitrogens with zero attached hydrogens (tertiary/aromatic N) is 2. The average Bonchev–Trinajstić information content (AvgIpc) is 2.87. The van der Waals surface area contributed by atoms with Crippen LogP contribution in [0, 0.1) is 10.1 Å². The highest BCUT2D eigenvalue weighted by atomic mass is 32.2. The first kappa shape index (κ1) is 14.7. The van der Waals surface area contributed by atoms with Gasteiger partial charge in [0.2, 0.25) is 10.0 Å². The van der Waals surface area contributed by atoms with Crippen molar-refractivity contribution in [3.05, 3.63) is 28.3 Å². The molecule has 20 heavy (non-hydrogen) atoms. The Morgan fingerprint density at radius 1 is 1.45 bits per heavy atom. The van der Waals surface area contributed by atoms with Crippen molar-refractivity contribution in [2.24, 2.45) is 0 Å². The number of nitro benzene ring substituents is 1. The molecule has 9 heteroatoms. The first-order valence-electron chi connectivity index (χ1n) is 5.98. The first-order chi connectivity index (χ1) is 9.37. The summed E-state index contributed by atoms with van der Waals surface area (Å²) in [6.07, 6.45) is 1.18. The van der Waals surface area contributed by atoms with Crippen LogP contribution in [0.2, 0.25) is 0 Å². The molecule has 1 aliphatic heterocycles. The van der Waals surface area contributed by atoms with Crippen molar-refractivity contribution in [1.29, 1.82) is 0 Å². The highest BCUT2D eigenvalue weighted by Crippen LogP contribution is 2.32. The molecule has 110 valence electrons. The number of sulfonamides is 1. The summed E-state index contributed by atoms with van der Waals surface area (Å²) in [4.78, 5) is 9.63. The Morgan fingerprint density at radius 2 is 2.15 bits per heavy atom. The normalized spacial score (nSPS) is 20.1. The van der Waals surface area contributed by atoms with Crippen LogP contribution in [0.15, 0.2) is 23.1 Å². The number of aliphatic hydroxyl groups excluding tert-OH is 1. The van der Waals surface area contributed by atoms with Crippen LogP contribution in [0.4, 0.5) is 5.69 Å². The van der Waals surface area contributed by atoms with Crippen molar-refractivity contribution in [1.82, 2.24) is 4.31 Å². The van der Waals surface area contributed by atoms with Gasteiger partial charge in [-0.1, -0.05) is 0 Å². The predicted molar refractivity (Wildman–Crippen MR) is 68.8 cm³/mol. The van der Waals surface area contributed by atoms with E-state index in [1.54, 1.807) is 0 Å². The minimum absolute atomic E-state index is 0.262. The van der Waals surface area contributed by atoms with E-state index in [0.717, 1.165) is 22.5 Å². The van der Waals surface area contributed by atoms with Gasteiger partial charge in [-0.3, -0.25) is 10.1 Å². The van der Waals surface area contributed by atoms with Crippen LogP contribution in [0.5, 0.6) is 5.75 Å². The molecule has 0 aromatic heterocycles. The third-order valence-electron chi connectivity index (χ3n) is 3.28. The molecule has 0 amide bonds. The zero-order chi connectivity index (χ0) is 14.9. The smallest absolute Gasteiger partial charge is 0.312 e. The Balaban J connectivity index is 2.44. The number of nitro groups is 1. The lowest BCUT2D eigenvalue weighted by molar-refractivity contribution is -0.386. The minimum Gasteiger partial charge on any atom is -0.502 e. The van der Waals surface area contributed by atoms with Gasteiger partial charge in [-0.15, -0.1) is 0 Å².